The van der Waals surface area contributed by atoms with Crippen molar-refractivity contribution in [1.82, 2.24) is 0 Å². The van der Waals surface area contributed by atoms with E-state index < -0.39 is 0 Å². The van der Waals surface area contributed by atoms with E-state index in [2.05, 4.69) is 196 Å². The Morgan fingerprint density at radius 3 is 1.58 bits per heavy atom. The fraction of sp³-hybridized carbons (Fsp3) is 0.102. The fourth-order valence-electron chi connectivity index (χ4n) is 7.65. The topological polar surface area (TPSA) is 3.24 Å². The van der Waals surface area contributed by atoms with E-state index in [0.29, 0.717) is 0 Å². The van der Waals surface area contributed by atoms with Crippen LogP contribution in [0.15, 0.2) is 164 Å². The molecular weight excluding hydrogens is 603 g/mol. The molecule has 0 saturated carbocycles. The molecule has 1 aliphatic rings. The highest BCUT2D eigenvalue weighted by Crippen LogP contribution is 2.51. The number of rotatable bonds is 5. The Bertz CT molecular complexity index is 2570. The third-order valence-electron chi connectivity index (χ3n) is 10.4. The lowest BCUT2D eigenvalue weighted by atomic mass is 9.77. The van der Waals surface area contributed by atoms with Crippen molar-refractivity contribution < 1.29 is 0 Å². The van der Waals surface area contributed by atoms with Gasteiger partial charge in [0.25, 0.3) is 0 Å². The monoisotopic (exact) mass is 641 g/mol. The molecule has 8 aromatic rings. The molecule has 0 fully saturated rings. The van der Waals surface area contributed by atoms with Crippen molar-refractivity contribution in [1.29, 1.82) is 0 Å². The molecule has 0 heterocycles. The zero-order valence-corrected chi connectivity index (χ0v) is 29.0. The van der Waals surface area contributed by atoms with Gasteiger partial charge in [-0.15, -0.1) is 0 Å². The molecule has 9 rings (SSSR count). The van der Waals surface area contributed by atoms with E-state index in [0.717, 1.165) is 11.4 Å². The van der Waals surface area contributed by atoms with Gasteiger partial charge in [0.2, 0.25) is 0 Å². The molecule has 1 aliphatic carbocycles. The van der Waals surface area contributed by atoms with Crippen molar-refractivity contribution in [2.45, 2.75) is 33.1 Å². The van der Waals surface area contributed by atoms with E-state index in [-0.39, 0.29) is 5.41 Å². The molecule has 0 spiro atoms. The maximum absolute atomic E-state index is 2.42. The lowest BCUT2D eigenvalue weighted by Gasteiger charge is -2.30. The van der Waals surface area contributed by atoms with Crippen LogP contribution in [0.4, 0.5) is 17.1 Å². The summed E-state index contributed by atoms with van der Waals surface area (Å²) in [6, 6.07) is 60.6. The highest BCUT2D eigenvalue weighted by Gasteiger charge is 2.25. The molecule has 0 radical (unpaired) electrons. The van der Waals surface area contributed by atoms with Gasteiger partial charge in [-0.25, -0.2) is 0 Å². The van der Waals surface area contributed by atoms with Crippen LogP contribution < -0.4 is 4.90 Å². The molecule has 0 atom stereocenters. The summed E-state index contributed by atoms with van der Waals surface area (Å²) in [6.07, 6.45) is 0. The normalized spacial score (nSPS) is 12.0. The van der Waals surface area contributed by atoms with E-state index in [4.69, 9.17) is 0 Å². The van der Waals surface area contributed by atoms with Crippen LogP contribution in [0.1, 0.15) is 31.9 Å². The lowest BCUT2D eigenvalue weighted by Crippen LogP contribution is -2.12. The van der Waals surface area contributed by atoms with Crippen molar-refractivity contribution in [3.63, 3.8) is 0 Å². The van der Waals surface area contributed by atoms with Gasteiger partial charge in [0.1, 0.15) is 0 Å². The molecule has 240 valence electrons. The first kappa shape index (κ1) is 30.2. The highest BCUT2D eigenvalue weighted by molar-refractivity contribution is 6.12. The number of benzene rings is 8. The second kappa shape index (κ2) is 11.6. The van der Waals surface area contributed by atoms with Crippen molar-refractivity contribution in [3.05, 3.63) is 175 Å². The Kier molecular flexibility index (Phi) is 7.00. The average Bonchev–Trinajstić information content (AvgIpc) is 3.14. The summed E-state index contributed by atoms with van der Waals surface area (Å²) in [5, 5.41) is 5.07. The predicted molar refractivity (Wildman–Crippen MR) is 215 cm³/mol. The van der Waals surface area contributed by atoms with E-state index in [1.54, 1.807) is 0 Å². The third-order valence-corrected chi connectivity index (χ3v) is 10.4. The number of hydrogen-bond donors (Lipinski definition) is 0. The Morgan fingerprint density at radius 2 is 0.920 bits per heavy atom. The van der Waals surface area contributed by atoms with Gasteiger partial charge in [-0.1, -0.05) is 130 Å². The Morgan fingerprint density at radius 1 is 0.380 bits per heavy atom. The Hall–Kier alpha value is -5.92. The Labute approximate surface area is 295 Å². The molecular formula is C49H39N. The summed E-state index contributed by atoms with van der Waals surface area (Å²) >= 11 is 0. The van der Waals surface area contributed by atoms with Crippen molar-refractivity contribution in [3.8, 4) is 44.5 Å². The van der Waals surface area contributed by atoms with Gasteiger partial charge in [-0.2, -0.15) is 0 Å². The minimum Gasteiger partial charge on any atom is -0.310 e. The summed E-state index contributed by atoms with van der Waals surface area (Å²) in [5.74, 6) is 0. The number of fused-ring (bicyclic) bond motifs is 6. The lowest BCUT2D eigenvalue weighted by molar-refractivity contribution is 0.590. The van der Waals surface area contributed by atoms with Crippen LogP contribution in [0, 0.1) is 6.92 Å². The predicted octanol–water partition coefficient (Wildman–Crippen LogP) is 14.1. The summed E-state index contributed by atoms with van der Waals surface area (Å²) in [6.45, 7) is 9.00. The number of anilines is 3. The van der Waals surface area contributed by atoms with Crippen molar-refractivity contribution >= 4 is 38.6 Å². The van der Waals surface area contributed by atoms with Gasteiger partial charge >= 0.3 is 0 Å². The number of hydrogen-bond acceptors (Lipinski definition) is 1. The zero-order chi connectivity index (χ0) is 34.0. The zero-order valence-electron chi connectivity index (χ0n) is 29.0. The van der Waals surface area contributed by atoms with Gasteiger partial charge in [-0.05, 0) is 139 Å². The number of nitrogens with zero attached hydrogens (tertiary/aromatic N) is 1. The first-order chi connectivity index (χ1) is 24.3. The maximum atomic E-state index is 2.42. The van der Waals surface area contributed by atoms with Crippen LogP contribution in [0.3, 0.4) is 0 Å². The molecule has 0 saturated heterocycles. The molecule has 0 aliphatic heterocycles. The standard InChI is InChI=1S/C49H39N/c1-32-12-8-10-16-47(32)50(48-17-11-9-15-42(48)34-13-6-5-7-14-34)41-25-22-37-29-44-45-30-38-26-35(33-20-23-40(24-21-33)49(2,3)4)18-19-36(38)28-43(45)46(44)31-39(37)27-41/h5-31H,1-4H3. The van der Waals surface area contributed by atoms with Crippen LogP contribution in [-0.4, -0.2) is 0 Å². The van der Waals surface area contributed by atoms with Crippen LogP contribution in [0.5, 0.6) is 0 Å². The van der Waals surface area contributed by atoms with Gasteiger partial charge in [0, 0.05) is 16.9 Å². The van der Waals surface area contributed by atoms with Gasteiger partial charge in [0.05, 0.1) is 5.69 Å². The average molecular weight is 642 g/mol. The van der Waals surface area contributed by atoms with E-state index in [9.17, 15) is 0 Å². The van der Waals surface area contributed by atoms with Crippen LogP contribution in [-0.2, 0) is 5.41 Å². The highest BCUT2D eigenvalue weighted by atomic mass is 15.1. The summed E-state index contributed by atoms with van der Waals surface area (Å²) in [7, 11) is 0. The molecule has 1 heteroatoms. The van der Waals surface area contributed by atoms with E-state index >= 15 is 0 Å². The fourth-order valence-corrected chi connectivity index (χ4v) is 7.65. The first-order valence-electron chi connectivity index (χ1n) is 17.6. The molecule has 50 heavy (non-hydrogen) atoms. The van der Waals surface area contributed by atoms with E-state index in [1.807, 2.05) is 0 Å². The SMILES string of the molecule is Cc1ccccc1N(c1ccc2cc3c(cc2c1)-c1cc2ccc(-c4ccc(C(C)(C)C)cc4)cc2cc1-3)c1ccccc1-c1ccccc1. The second-order valence-corrected chi connectivity index (χ2v) is 14.7. The quantitative estimate of drug-likeness (QED) is 0.181. The maximum Gasteiger partial charge on any atom is 0.0540 e. The van der Waals surface area contributed by atoms with Crippen LogP contribution in [0.25, 0.3) is 66.1 Å². The number of aryl methyl sites for hydroxylation is 1. The van der Waals surface area contributed by atoms with Gasteiger partial charge < -0.3 is 4.90 Å². The van der Waals surface area contributed by atoms with Gasteiger partial charge in [0.15, 0.2) is 0 Å². The van der Waals surface area contributed by atoms with Crippen LogP contribution >= 0.6 is 0 Å². The molecule has 8 aromatic carbocycles. The minimum atomic E-state index is 0.150. The molecule has 0 amide bonds. The molecule has 1 nitrogen and oxygen atoms in total. The Balaban J connectivity index is 1.12. The first-order valence-corrected chi connectivity index (χ1v) is 17.6. The molecule has 0 unspecified atom stereocenters. The second-order valence-electron chi connectivity index (χ2n) is 14.7. The summed E-state index contributed by atoms with van der Waals surface area (Å²) < 4.78 is 0. The smallest absolute Gasteiger partial charge is 0.0540 e. The third kappa shape index (κ3) is 5.09. The van der Waals surface area contributed by atoms with Gasteiger partial charge in [-0.3, -0.25) is 0 Å². The van der Waals surface area contributed by atoms with Crippen LogP contribution in [0.2, 0.25) is 0 Å². The molecule has 0 aromatic heterocycles. The van der Waals surface area contributed by atoms with Crippen molar-refractivity contribution in [2.24, 2.45) is 0 Å². The largest absolute Gasteiger partial charge is 0.310 e. The summed E-state index contributed by atoms with van der Waals surface area (Å²) in [4.78, 5) is 2.42. The minimum absolute atomic E-state index is 0.150. The van der Waals surface area contributed by atoms with E-state index in [1.165, 1.54) is 82.9 Å². The molecule has 0 N–H and O–H groups in total. The summed E-state index contributed by atoms with van der Waals surface area (Å²) in [5.41, 5.74) is 16.5. The van der Waals surface area contributed by atoms with Crippen molar-refractivity contribution in [2.75, 3.05) is 4.90 Å². The number of para-hydroxylation sites is 2. The molecule has 0 bridgehead atoms.